The van der Waals surface area contributed by atoms with Crippen LogP contribution in [-0.2, 0) is 13.0 Å². The van der Waals surface area contributed by atoms with E-state index in [4.69, 9.17) is 0 Å². The second kappa shape index (κ2) is 13.7. The summed E-state index contributed by atoms with van der Waals surface area (Å²) in [5.41, 5.74) is 2.20. The minimum Gasteiger partial charge on any atom is -0.434 e. The summed E-state index contributed by atoms with van der Waals surface area (Å²) in [5, 5.41) is 8.94. The first kappa shape index (κ1) is 25.6. The van der Waals surface area contributed by atoms with Crippen LogP contribution in [0.3, 0.4) is 0 Å². The molecule has 9 heteroatoms. The highest BCUT2D eigenvalue weighted by Gasteiger charge is 2.09. The molecule has 0 aliphatic heterocycles. The van der Waals surface area contributed by atoms with Crippen LogP contribution >= 0.6 is 24.0 Å². The van der Waals surface area contributed by atoms with Gasteiger partial charge in [-0.2, -0.15) is 8.78 Å². The number of hydrogen-bond acceptors (Lipinski definition) is 3. The first-order valence-corrected chi connectivity index (χ1v) is 9.39. The van der Waals surface area contributed by atoms with Crippen molar-refractivity contribution in [1.82, 2.24) is 16.0 Å². The topological polar surface area (TPSA) is 74.8 Å². The average Bonchev–Trinajstić information content (AvgIpc) is 2.72. The van der Waals surface area contributed by atoms with E-state index in [0.29, 0.717) is 36.6 Å². The molecule has 0 spiro atoms. The summed E-state index contributed by atoms with van der Waals surface area (Å²) in [7, 11) is 1.60. The van der Waals surface area contributed by atoms with Crippen molar-refractivity contribution in [2.24, 2.45) is 4.99 Å². The Hall–Kier alpha value is -2.43. The van der Waals surface area contributed by atoms with Gasteiger partial charge in [0.2, 0.25) is 0 Å². The van der Waals surface area contributed by atoms with Crippen molar-refractivity contribution in [2.45, 2.75) is 26.5 Å². The van der Waals surface area contributed by atoms with Crippen LogP contribution in [0.5, 0.6) is 5.75 Å². The highest BCUT2D eigenvalue weighted by atomic mass is 127. The van der Waals surface area contributed by atoms with Gasteiger partial charge in [-0.25, -0.2) is 4.99 Å². The molecule has 2 aromatic carbocycles. The van der Waals surface area contributed by atoms with Crippen LogP contribution in [0.4, 0.5) is 8.78 Å². The number of ether oxygens (including phenoxy) is 1. The number of guanidine groups is 1. The van der Waals surface area contributed by atoms with Gasteiger partial charge in [0, 0.05) is 31.3 Å². The van der Waals surface area contributed by atoms with Gasteiger partial charge in [0.05, 0.1) is 6.54 Å². The maximum absolute atomic E-state index is 12.5. The van der Waals surface area contributed by atoms with E-state index in [2.05, 4.69) is 25.7 Å². The van der Waals surface area contributed by atoms with Crippen molar-refractivity contribution in [3.8, 4) is 5.75 Å². The van der Waals surface area contributed by atoms with E-state index in [0.717, 1.165) is 5.56 Å². The van der Waals surface area contributed by atoms with Gasteiger partial charge in [0.25, 0.3) is 5.91 Å². The van der Waals surface area contributed by atoms with Crippen molar-refractivity contribution in [2.75, 3.05) is 20.1 Å². The van der Waals surface area contributed by atoms with Crippen LogP contribution in [0.2, 0.25) is 0 Å². The van der Waals surface area contributed by atoms with Crippen LogP contribution in [-0.4, -0.2) is 38.6 Å². The average molecular weight is 532 g/mol. The van der Waals surface area contributed by atoms with Crippen LogP contribution in [0.25, 0.3) is 0 Å². The Bertz CT molecular complexity index is 834. The van der Waals surface area contributed by atoms with E-state index < -0.39 is 6.61 Å². The van der Waals surface area contributed by atoms with Crippen molar-refractivity contribution >= 4 is 35.8 Å². The van der Waals surface area contributed by atoms with Gasteiger partial charge >= 0.3 is 6.61 Å². The van der Waals surface area contributed by atoms with Crippen molar-refractivity contribution in [3.63, 3.8) is 0 Å². The second-order valence-corrected chi connectivity index (χ2v) is 6.14. The van der Waals surface area contributed by atoms with Crippen molar-refractivity contribution in [3.05, 3.63) is 65.2 Å². The molecule has 0 aromatic heterocycles. The molecule has 0 aliphatic rings. The number of carbonyl (C=O) groups excluding carboxylic acids is 1. The molecular formula is C21H27F2IN4O2. The number of carbonyl (C=O) groups is 1. The number of rotatable bonds is 9. The highest BCUT2D eigenvalue weighted by molar-refractivity contribution is 14.0. The highest BCUT2D eigenvalue weighted by Crippen LogP contribution is 2.20. The molecule has 0 fully saturated rings. The lowest BCUT2D eigenvalue weighted by atomic mass is 10.1. The fourth-order valence-electron chi connectivity index (χ4n) is 2.69. The Morgan fingerprint density at radius 2 is 1.90 bits per heavy atom. The van der Waals surface area contributed by atoms with Crippen LogP contribution in [0, 0.1) is 0 Å². The lowest BCUT2D eigenvalue weighted by molar-refractivity contribution is -0.0504. The first-order chi connectivity index (χ1) is 14.0. The standard InChI is InChI=1S/C21H26F2N4O2.HI/c1-3-25-21(27-14-17-8-4-5-10-18(17)29-20(22)23)26-12-11-15-7-6-9-16(13-15)19(28)24-2;/h4-10,13,20H,3,11-12,14H2,1-2H3,(H,24,28)(H2,25,26,27);1H. The van der Waals surface area contributed by atoms with E-state index in [9.17, 15) is 13.6 Å². The molecular weight excluding hydrogens is 505 g/mol. The summed E-state index contributed by atoms with van der Waals surface area (Å²) in [6.07, 6.45) is 0.695. The molecule has 0 heterocycles. The molecule has 0 unspecified atom stereocenters. The maximum Gasteiger partial charge on any atom is 0.387 e. The molecule has 164 valence electrons. The zero-order valence-electron chi connectivity index (χ0n) is 17.0. The number of aliphatic imine (C=N–C) groups is 1. The fraction of sp³-hybridized carbons (Fsp3) is 0.333. The number of nitrogens with zero attached hydrogens (tertiary/aromatic N) is 1. The predicted octanol–water partition coefficient (Wildman–Crippen LogP) is 3.56. The summed E-state index contributed by atoms with van der Waals surface area (Å²) in [6, 6.07) is 14.0. The molecule has 0 radical (unpaired) electrons. The number of halogens is 3. The Labute approximate surface area is 192 Å². The molecule has 3 N–H and O–H groups in total. The number of nitrogens with one attached hydrogen (secondary N) is 3. The Kier molecular flexibility index (Phi) is 11.7. The van der Waals surface area contributed by atoms with Crippen LogP contribution in [0.1, 0.15) is 28.4 Å². The molecule has 0 atom stereocenters. The lowest BCUT2D eigenvalue weighted by Gasteiger charge is -2.13. The van der Waals surface area contributed by atoms with E-state index in [1.165, 1.54) is 6.07 Å². The SMILES string of the molecule is CCNC(=NCc1ccccc1OC(F)F)NCCc1cccc(C(=O)NC)c1.I. The molecule has 6 nitrogen and oxygen atoms in total. The third kappa shape index (κ3) is 8.52. The van der Waals surface area contributed by atoms with Crippen molar-refractivity contribution < 1.29 is 18.3 Å². The molecule has 0 aliphatic carbocycles. The Balaban J connectivity index is 0.00000450. The van der Waals surface area contributed by atoms with E-state index in [1.54, 1.807) is 31.3 Å². The second-order valence-electron chi connectivity index (χ2n) is 6.14. The van der Waals surface area contributed by atoms with Gasteiger partial charge in [-0.3, -0.25) is 4.79 Å². The smallest absolute Gasteiger partial charge is 0.387 e. The number of alkyl halides is 2. The molecule has 2 rings (SSSR count). The quantitative estimate of drug-likeness (QED) is 0.263. The third-order valence-electron chi connectivity index (χ3n) is 4.06. The summed E-state index contributed by atoms with van der Waals surface area (Å²) in [4.78, 5) is 16.2. The van der Waals surface area contributed by atoms with E-state index >= 15 is 0 Å². The minimum atomic E-state index is -2.88. The van der Waals surface area contributed by atoms with Crippen LogP contribution < -0.4 is 20.7 Å². The summed E-state index contributed by atoms with van der Waals surface area (Å²) >= 11 is 0. The molecule has 30 heavy (non-hydrogen) atoms. The molecule has 0 saturated heterocycles. The summed E-state index contributed by atoms with van der Waals surface area (Å²) in [6.45, 7) is 0.519. The van der Waals surface area contributed by atoms with Crippen LogP contribution in [0.15, 0.2) is 53.5 Å². The van der Waals surface area contributed by atoms with Crippen molar-refractivity contribution in [1.29, 1.82) is 0 Å². The number of hydrogen-bond donors (Lipinski definition) is 3. The minimum absolute atomic E-state index is 0. The molecule has 2 aromatic rings. The predicted molar refractivity (Wildman–Crippen MR) is 125 cm³/mol. The summed E-state index contributed by atoms with van der Waals surface area (Å²) in [5.74, 6) is 0.564. The maximum atomic E-state index is 12.5. The van der Waals surface area contributed by atoms with Gasteiger partial charge in [-0.1, -0.05) is 30.3 Å². The Morgan fingerprint density at radius 1 is 1.13 bits per heavy atom. The molecule has 0 bridgehead atoms. The van der Waals surface area contributed by atoms with Gasteiger partial charge in [-0.15, -0.1) is 24.0 Å². The fourth-order valence-corrected chi connectivity index (χ4v) is 2.69. The van der Waals surface area contributed by atoms with Gasteiger partial charge in [0.15, 0.2) is 5.96 Å². The molecule has 0 saturated carbocycles. The third-order valence-corrected chi connectivity index (χ3v) is 4.06. The lowest BCUT2D eigenvalue weighted by Crippen LogP contribution is -2.38. The monoisotopic (exact) mass is 532 g/mol. The van der Waals surface area contributed by atoms with Gasteiger partial charge in [0.1, 0.15) is 5.75 Å². The summed E-state index contributed by atoms with van der Waals surface area (Å²) < 4.78 is 29.6. The largest absolute Gasteiger partial charge is 0.434 e. The number of benzene rings is 2. The number of para-hydroxylation sites is 1. The molecule has 1 amide bonds. The first-order valence-electron chi connectivity index (χ1n) is 9.39. The van der Waals surface area contributed by atoms with E-state index in [-0.39, 0.29) is 42.2 Å². The van der Waals surface area contributed by atoms with Gasteiger partial charge < -0.3 is 20.7 Å². The Morgan fingerprint density at radius 3 is 2.60 bits per heavy atom. The normalized spacial score (nSPS) is 10.9. The zero-order valence-corrected chi connectivity index (χ0v) is 19.3. The number of amides is 1. The van der Waals surface area contributed by atoms with E-state index in [1.807, 2.05) is 25.1 Å². The zero-order chi connectivity index (χ0) is 21.1. The van der Waals surface area contributed by atoms with Gasteiger partial charge in [-0.05, 0) is 37.1 Å².